The molecule has 0 aliphatic carbocycles. The molecule has 0 saturated heterocycles. The lowest BCUT2D eigenvalue weighted by atomic mass is 10.6. The molecular formula is C6H8O3. The van der Waals surface area contributed by atoms with Crippen LogP contribution in [0.25, 0.3) is 0 Å². The van der Waals surface area contributed by atoms with Gasteiger partial charge in [0.1, 0.15) is 0 Å². The molecule has 0 aromatic rings. The lowest BCUT2D eigenvalue weighted by Gasteiger charge is -1.92. The van der Waals surface area contributed by atoms with Gasteiger partial charge in [0.05, 0.1) is 13.4 Å². The Morgan fingerprint density at radius 2 is 2.33 bits per heavy atom. The van der Waals surface area contributed by atoms with Crippen LogP contribution in [0.3, 0.4) is 0 Å². The van der Waals surface area contributed by atoms with E-state index in [1.165, 1.54) is 25.5 Å². The average molecular weight is 128 g/mol. The maximum atomic E-state index is 10.2. The highest BCUT2D eigenvalue weighted by Crippen LogP contribution is 1.82. The Morgan fingerprint density at radius 1 is 1.67 bits per heavy atom. The summed E-state index contributed by atoms with van der Waals surface area (Å²) in [5.74, 6) is 0. The Bertz CT molecular complexity index is 126. The van der Waals surface area contributed by atoms with E-state index in [2.05, 4.69) is 16.1 Å². The van der Waals surface area contributed by atoms with E-state index in [0.29, 0.717) is 0 Å². The maximum absolute atomic E-state index is 10.2. The zero-order valence-electron chi connectivity index (χ0n) is 5.16. The second-order valence-corrected chi connectivity index (χ2v) is 1.14. The first-order valence-electron chi connectivity index (χ1n) is 2.33. The molecule has 0 unspecified atom stereocenters. The van der Waals surface area contributed by atoms with Gasteiger partial charge in [-0.25, -0.2) is 4.79 Å². The van der Waals surface area contributed by atoms with E-state index < -0.39 is 6.16 Å². The summed E-state index contributed by atoms with van der Waals surface area (Å²) >= 11 is 0. The fourth-order valence-electron chi connectivity index (χ4n) is 0.199. The van der Waals surface area contributed by atoms with E-state index in [4.69, 9.17) is 0 Å². The first-order valence-corrected chi connectivity index (χ1v) is 2.33. The average Bonchev–Trinajstić information content (AvgIpc) is 1.89. The van der Waals surface area contributed by atoms with Gasteiger partial charge in [-0.1, -0.05) is 12.7 Å². The molecule has 0 bridgehead atoms. The van der Waals surface area contributed by atoms with Gasteiger partial charge in [-0.3, -0.25) is 0 Å². The van der Waals surface area contributed by atoms with Crippen LogP contribution in [-0.2, 0) is 9.47 Å². The molecule has 9 heavy (non-hydrogen) atoms. The first kappa shape index (κ1) is 7.75. The highest BCUT2D eigenvalue weighted by Gasteiger charge is 1.92. The molecule has 50 valence electrons. The Morgan fingerprint density at radius 3 is 2.78 bits per heavy atom. The van der Waals surface area contributed by atoms with Crippen molar-refractivity contribution < 1.29 is 14.3 Å². The fraction of sp³-hybridized carbons (Fsp3) is 0.167. The van der Waals surface area contributed by atoms with Crippen LogP contribution in [0.4, 0.5) is 4.79 Å². The number of methoxy groups -OCH3 is 1. The van der Waals surface area contributed by atoms with Crippen molar-refractivity contribution in [3.63, 3.8) is 0 Å². The van der Waals surface area contributed by atoms with Crippen LogP contribution in [0.1, 0.15) is 0 Å². The van der Waals surface area contributed by atoms with Crippen LogP contribution < -0.4 is 0 Å². The van der Waals surface area contributed by atoms with Crippen molar-refractivity contribution in [2.24, 2.45) is 0 Å². The van der Waals surface area contributed by atoms with Gasteiger partial charge in [0.15, 0.2) is 0 Å². The second-order valence-electron chi connectivity index (χ2n) is 1.14. The van der Waals surface area contributed by atoms with Crippen LogP contribution in [0.5, 0.6) is 0 Å². The zero-order chi connectivity index (χ0) is 7.11. The van der Waals surface area contributed by atoms with Crippen molar-refractivity contribution >= 4 is 6.16 Å². The van der Waals surface area contributed by atoms with Crippen LogP contribution in [0.2, 0.25) is 0 Å². The molecule has 0 radical (unpaired) electrons. The SMILES string of the molecule is C=C/C=C/OC(=O)OC. The van der Waals surface area contributed by atoms with E-state index in [1.54, 1.807) is 0 Å². The molecular weight excluding hydrogens is 120 g/mol. The Labute approximate surface area is 53.6 Å². The number of ether oxygens (including phenoxy) is 2. The van der Waals surface area contributed by atoms with E-state index >= 15 is 0 Å². The third kappa shape index (κ3) is 4.61. The number of rotatable bonds is 2. The molecule has 3 nitrogen and oxygen atoms in total. The summed E-state index contributed by atoms with van der Waals surface area (Å²) in [7, 11) is 1.24. The van der Waals surface area contributed by atoms with Gasteiger partial charge in [-0.15, -0.1) is 0 Å². The minimum atomic E-state index is -0.729. The summed E-state index contributed by atoms with van der Waals surface area (Å²) in [6, 6.07) is 0. The van der Waals surface area contributed by atoms with Gasteiger partial charge in [0.25, 0.3) is 0 Å². The molecule has 0 atom stereocenters. The molecule has 0 saturated carbocycles. The normalized spacial score (nSPS) is 9.00. The van der Waals surface area contributed by atoms with Gasteiger partial charge in [0, 0.05) is 0 Å². The summed E-state index contributed by atoms with van der Waals surface area (Å²) in [4.78, 5) is 10.2. The monoisotopic (exact) mass is 128 g/mol. The number of carbonyl (C=O) groups excluding carboxylic acids is 1. The van der Waals surface area contributed by atoms with Crippen molar-refractivity contribution in [2.75, 3.05) is 7.11 Å². The Kier molecular flexibility index (Phi) is 4.22. The lowest BCUT2D eigenvalue weighted by molar-refractivity contribution is 0.106. The molecule has 0 fully saturated rings. The Hall–Kier alpha value is -1.25. The van der Waals surface area contributed by atoms with E-state index in [-0.39, 0.29) is 0 Å². The third-order valence-electron chi connectivity index (χ3n) is 0.546. The summed E-state index contributed by atoms with van der Waals surface area (Å²) in [6.07, 6.45) is 3.44. The van der Waals surface area contributed by atoms with Crippen LogP contribution in [-0.4, -0.2) is 13.3 Å². The summed E-state index contributed by atoms with van der Waals surface area (Å²) < 4.78 is 8.47. The molecule has 0 aromatic heterocycles. The molecule has 0 aromatic carbocycles. The predicted molar refractivity (Wildman–Crippen MR) is 32.8 cm³/mol. The van der Waals surface area contributed by atoms with E-state index in [1.807, 2.05) is 0 Å². The highest BCUT2D eigenvalue weighted by molar-refractivity contribution is 5.60. The summed E-state index contributed by atoms with van der Waals surface area (Å²) in [6.45, 7) is 3.36. The number of hydrogen-bond donors (Lipinski definition) is 0. The van der Waals surface area contributed by atoms with Gasteiger partial charge in [0.2, 0.25) is 0 Å². The second kappa shape index (κ2) is 4.90. The van der Waals surface area contributed by atoms with Crippen molar-refractivity contribution in [3.05, 3.63) is 25.0 Å². The molecule has 0 rings (SSSR count). The van der Waals surface area contributed by atoms with Crippen LogP contribution >= 0.6 is 0 Å². The number of hydrogen-bond acceptors (Lipinski definition) is 3. The van der Waals surface area contributed by atoms with Gasteiger partial charge < -0.3 is 9.47 Å². The van der Waals surface area contributed by atoms with Crippen molar-refractivity contribution in [3.8, 4) is 0 Å². The molecule has 3 heteroatoms. The molecule has 0 N–H and O–H groups in total. The molecule has 0 aliphatic rings. The maximum Gasteiger partial charge on any atom is 0.512 e. The van der Waals surface area contributed by atoms with Crippen LogP contribution in [0, 0.1) is 0 Å². The minimum Gasteiger partial charge on any atom is -0.437 e. The summed E-state index contributed by atoms with van der Waals surface area (Å²) in [5, 5.41) is 0. The van der Waals surface area contributed by atoms with Gasteiger partial charge in [-0.2, -0.15) is 0 Å². The van der Waals surface area contributed by atoms with E-state index in [0.717, 1.165) is 0 Å². The number of allylic oxidation sites excluding steroid dienone is 2. The number of carbonyl (C=O) groups is 1. The smallest absolute Gasteiger partial charge is 0.437 e. The molecule has 0 heterocycles. The van der Waals surface area contributed by atoms with Crippen molar-refractivity contribution in [1.82, 2.24) is 0 Å². The zero-order valence-corrected chi connectivity index (χ0v) is 5.16. The minimum absolute atomic E-state index is 0.729. The molecule has 0 amide bonds. The largest absolute Gasteiger partial charge is 0.512 e. The van der Waals surface area contributed by atoms with Crippen molar-refractivity contribution in [1.29, 1.82) is 0 Å². The Balaban J connectivity index is 3.37. The fourth-order valence-corrected chi connectivity index (χ4v) is 0.199. The van der Waals surface area contributed by atoms with Crippen molar-refractivity contribution in [2.45, 2.75) is 0 Å². The topological polar surface area (TPSA) is 35.5 Å². The predicted octanol–water partition coefficient (Wildman–Crippen LogP) is 1.47. The lowest BCUT2D eigenvalue weighted by Crippen LogP contribution is -1.97. The highest BCUT2D eigenvalue weighted by atomic mass is 16.7. The van der Waals surface area contributed by atoms with E-state index in [9.17, 15) is 4.79 Å². The first-order chi connectivity index (χ1) is 4.31. The molecule has 0 spiro atoms. The quantitative estimate of drug-likeness (QED) is 0.321. The summed E-state index contributed by atoms with van der Waals surface area (Å²) in [5.41, 5.74) is 0. The molecule has 0 aliphatic heterocycles. The third-order valence-corrected chi connectivity index (χ3v) is 0.546. The van der Waals surface area contributed by atoms with Gasteiger partial charge >= 0.3 is 6.16 Å². The van der Waals surface area contributed by atoms with Gasteiger partial charge in [-0.05, 0) is 6.08 Å². The van der Waals surface area contributed by atoms with Crippen LogP contribution in [0.15, 0.2) is 25.0 Å². The standard InChI is InChI=1S/C6H8O3/c1-3-4-5-9-6(7)8-2/h3-5H,1H2,2H3/b5-4+.